The molecule has 2 aromatic rings. The van der Waals surface area contributed by atoms with Crippen molar-refractivity contribution in [2.75, 3.05) is 13.1 Å². The molecule has 0 spiro atoms. The van der Waals surface area contributed by atoms with Crippen LogP contribution in [-0.2, 0) is 19.6 Å². The smallest absolute Gasteiger partial charge is 0.304 e. The number of sulfonamides is 1. The van der Waals surface area contributed by atoms with E-state index in [0.29, 0.717) is 0 Å². The number of nitrogens with zero attached hydrogens (tertiary/aromatic N) is 1. The zero-order valence-electron chi connectivity index (χ0n) is 17.8. The molecule has 0 aromatic heterocycles. The van der Waals surface area contributed by atoms with Gasteiger partial charge >= 0.3 is 5.97 Å². The van der Waals surface area contributed by atoms with Gasteiger partial charge in [-0.2, -0.15) is 4.31 Å². The minimum atomic E-state index is -3.72. The Labute approximate surface area is 179 Å². The Morgan fingerprint density at radius 1 is 1.07 bits per heavy atom. The molecule has 0 N–H and O–H groups in total. The molecule has 1 atom stereocenters. The molecule has 0 radical (unpaired) electrons. The number of hydrogen-bond acceptors (Lipinski definition) is 4. The molecular formula is C24H27NO4S. The molecule has 0 aliphatic rings. The van der Waals surface area contributed by atoms with Gasteiger partial charge in [0.1, 0.15) is 0 Å². The molecule has 0 amide bonds. The number of aryl methyl sites for hydroxylation is 1. The van der Waals surface area contributed by atoms with Gasteiger partial charge in [-0.3, -0.25) is 4.79 Å². The Morgan fingerprint density at radius 2 is 1.70 bits per heavy atom. The van der Waals surface area contributed by atoms with Crippen molar-refractivity contribution in [3.63, 3.8) is 0 Å². The van der Waals surface area contributed by atoms with Gasteiger partial charge in [0, 0.05) is 19.0 Å². The van der Waals surface area contributed by atoms with Gasteiger partial charge in [-0.25, -0.2) is 8.42 Å². The highest BCUT2D eigenvalue weighted by Crippen LogP contribution is 2.18. The lowest BCUT2D eigenvalue weighted by Gasteiger charge is -2.19. The van der Waals surface area contributed by atoms with Gasteiger partial charge in [-0.15, -0.1) is 0 Å². The van der Waals surface area contributed by atoms with Crippen LogP contribution >= 0.6 is 0 Å². The monoisotopic (exact) mass is 425 g/mol. The summed E-state index contributed by atoms with van der Waals surface area (Å²) >= 11 is 0. The molecule has 2 rings (SSSR count). The summed E-state index contributed by atoms with van der Waals surface area (Å²) in [6.07, 6.45) is 1.09. The molecule has 5 nitrogen and oxygen atoms in total. The normalized spacial score (nSPS) is 11.9. The molecule has 0 bridgehead atoms. The van der Waals surface area contributed by atoms with Crippen LogP contribution < -0.4 is 0 Å². The van der Waals surface area contributed by atoms with E-state index in [9.17, 15) is 13.2 Å². The summed E-state index contributed by atoms with van der Waals surface area (Å²) in [5.41, 5.74) is 2.73. The Bertz CT molecular complexity index is 1040. The number of benzene rings is 2. The number of rotatable bonds is 7. The Morgan fingerprint density at radius 3 is 2.27 bits per heavy atom. The van der Waals surface area contributed by atoms with Crippen LogP contribution in [0.2, 0.25) is 0 Å². The summed E-state index contributed by atoms with van der Waals surface area (Å²) in [4.78, 5) is 11.7. The van der Waals surface area contributed by atoms with Gasteiger partial charge in [0.15, 0.2) is 6.10 Å². The number of carbonyl (C=O) groups excluding carboxylic acids is 1. The van der Waals surface area contributed by atoms with E-state index in [1.165, 1.54) is 11.2 Å². The third kappa shape index (κ3) is 6.87. The Kier molecular flexibility index (Phi) is 8.40. The maximum absolute atomic E-state index is 13.1. The fourth-order valence-corrected chi connectivity index (χ4v) is 3.88. The number of ether oxygens (including phenoxy) is 1. The molecule has 0 fully saturated rings. The minimum Gasteiger partial charge on any atom is -0.444 e. The lowest BCUT2D eigenvalue weighted by atomic mass is 10.1. The molecule has 6 heteroatoms. The van der Waals surface area contributed by atoms with Crippen LogP contribution in [0.3, 0.4) is 0 Å². The lowest BCUT2D eigenvalue weighted by Crippen LogP contribution is -2.32. The van der Waals surface area contributed by atoms with E-state index in [1.807, 2.05) is 57.2 Å². The summed E-state index contributed by atoms with van der Waals surface area (Å²) in [5, 5.41) is 0. The second-order valence-corrected chi connectivity index (χ2v) is 9.05. The van der Waals surface area contributed by atoms with Crippen molar-refractivity contribution < 1.29 is 17.9 Å². The van der Waals surface area contributed by atoms with E-state index in [1.54, 1.807) is 24.3 Å². The zero-order valence-corrected chi connectivity index (χ0v) is 18.6. The van der Waals surface area contributed by atoms with Crippen molar-refractivity contribution >= 4 is 16.0 Å². The van der Waals surface area contributed by atoms with Gasteiger partial charge < -0.3 is 4.74 Å². The minimum absolute atomic E-state index is 0.0232. The predicted octanol–water partition coefficient (Wildman–Crippen LogP) is 4.26. The second kappa shape index (κ2) is 10.8. The van der Waals surface area contributed by atoms with Crippen LogP contribution in [0.1, 0.15) is 38.0 Å². The molecule has 1 unspecified atom stereocenters. The van der Waals surface area contributed by atoms with Gasteiger partial charge in [0.05, 0.1) is 11.4 Å². The van der Waals surface area contributed by atoms with Crippen molar-refractivity contribution in [1.82, 2.24) is 4.31 Å². The van der Waals surface area contributed by atoms with Crippen molar-refractivity contribution in [3.05, 3.63) is 77.4 Å². The molecule has 0 heterocycles. The Balaban J connectivity index is 2.31. The zero-order chi connectivity index (χ0) is 22.1. The number of esters is 1. The molecule has 158 valence electrons. The number of hydrogen-bond donors (Lipinski definition) is 0. The van der Waals surface area contributed by atoms with E-state index < -0.39 is 22.1 Å². The standard InChI is InChI=1S/C24H27NO4S/c1-19(2)16-18-25(30(27,28)23-14-12-20(3)13-15-23)17-8-11-24(29-21(4)26)22-9-6-5-7-10-22/h5-7,9-10,12-16,24H,17-18H2,1-4H3. The molecule has 0 aliphatic heterocycles. The van der Waals surface area contributed by atoms with Crippen LogP contribution in [0.15, 0.2) is 71.1 Å². The predicted molar refractivity (Wildman–Crippen MR) is 118 cm³/mol. The van der Waals surface area contributed by atoms with Crippen molar-refractivity contribution in [2.45, 2.75) is 38.7 Å². The van der Waals surface area contributed by atoms with Crippen LogP contribution in [0.4, 0.5) is 0 Å². The topological polar surface area (TPSA) is 63.7 Å². The van der Waals surface area contributed by atoms with E-state index >= 15 is 0 Å². The third-order valence-electron chi connectivity index (χ3n) is 4.24. The quantitative estimate of drug-likeness (QED) is 0.378. The molecule has 0 saturated heterocycles. The lowest BCUT2D eigenvalue weighted by molar-refractivity contribution is -0.144. The number of carbonyl (C=O) groups is 1. The van der Waals surface area contributed by atoms with E-state index in [4.69, 9.17) is 4.74 Å². The van der Waals surface area contributed by atoms with Crippen LogP contribution in [-0.4, -0.2) is 31.8 Å². The van der Waals surface area contributed by atoms with Crippen LogP contribution in [0, 0.1) is 18.8 Å². The van der Waals surface area contributed by atoms with Crippen molar-refractivity contribution in [1.29, 1.82) is 0 Å². The highest BCUT2D eigenvalue weighted by atomic mass is 32.2. The molecule has 30 heavy (non-hydrogen) atoms. The fourth-order valence-electron chi connectivity index (χ4n) is 2.59. The molecule has 0 saturated carbocycles. The van der Waals surface area contributed by atoms with E-state index in [0.717, 1.165) is 16.7 Å². The highest BCUT2D eigenvalue weighted by Gasteiger charge is 2.23. The van der Waals surface area contributed by atoms with Crippen LogP contribution in [0.5, 0.6) is 0 Å². The van der Waals surface area contributed by atoms with E-state index in [2.05, 4.69) is 11.8 Å². The summed E-state index contributed by atoms with van der Waals surface area (Å²) in [5.74, 6) is 5.34. The summed E-state index contributed by atoms with van der Waals surface area (Å²) < 4.78 is 32.9. The van der Waals surface area contributed by atoms with Crippen molar-refractivity contribution in [2.24, 2.45) is 0 Å². The van der Waals surface area contributed by atoms with Gasteiger partial charge in [0.2, 0.25) is 10.0 Å². The van der Waals surface area contributed by atoms with E-state index in [-0.39, 0.29) is 18.0 Å². The number of allylic oxidation sites excluding steroid dienone is 1. The van der Waals surface area contributed by atoms with Gasteiger partial charge in [-0.05, 0) is 32.9 Å². The first-order chi connectivity index (χ1) is 14.2. The maximum atomic E-state index is 13.1. The van der Waals surface area contributed by atoms with Crippen molar-refractivity contribution in [3.8, 4) is 11.8 Å². The first kappa shape index (κ1) is 23.4. The second-order valence-electron chi connectivity index (χ2n) is 7.11. The molecular weight excluding hydrogens is 398 g/mol. The third-order valence-corrected chi connectivity index (χ3v) is 6.06. The average molecular weight is 426 g/mol. The first-order valence-electron chi connectivity index (χ1n) is 9.61. The van der Waals surface area contributed by atoms with Gasteiger partial charge in [0.25, 0.3) is 0 Å². The fraction of sp³-hybridized carbons (Fsp3) is 0.292. The first-order valence-corrected chi connectivity index (χ1v) is 11.0. The summed E-state index contributed by atoms with van der Waals surface area (Å²) in [7, 11) is -3.72. The maximum Gasteiger partial charge on any atom is 0.304 e. The summed E-state index contributed by atoms with van der Waals surface area (Å²) in [6, 6.07) is 15.9. The highest BCUT2D eigenvalue weighted by molar-refractivity contribution is 7.89. The Hall–Kier alpha value is -2.88. The SMILES string of the molecule is CC(=O)OC(C#CCN(CC=C(C)C)S(=O)(=O)c1ccc(C)cc1)c1ccccc1. The largest absolute Gasteiger partial charge is 0.444 e. The van der Waals surface area contributed by atoms with Crippen LogP contribution in [0.25, 0.3) is 0 Å². The summed E-state index contributed by atoms with van der Waals surface area (Å²) in [6.45, 7) is 7.23. The average Bonchev–Trinajstić information content (AvgIpc) is 2.70. The molecule has 2 aromatic carbocycles. The molecule has 0 aliphatic carbocycles. The van der Waals surface area contributed by atoms with Gasteiger partial charge in [-0.1, -0.05) is 71.5 Å².